The van der Waals surface area contributed by atoms with E-state index in [9.17, 15) is 0 Å². The van der Waals surface area contributed by atoms with Crippen molar-refractivity contribution < 1.29 is 0 Å². The van der Waals surface area contributed by atoms with Gasteiger partial charge in [-0.1, -0.05) is 47.6 Å². The van der Waals surface area contributed by atoms with Crippen molar-refractivity contribution in [1.29, 1.82) is 0 Å². The summed E-state index contributed by atoms with van der Waals surface area (Å²) in [6.45, 7) is 2.00. The fourth-order valence-electron chi connectivity index (χ4n) is 3.18. The van der Waals surface area contributed by atoms with Crippen LogP contribution >= 0.6 is 34.7 Å². The Hall–Kier alpha value is -2.09. The van der Waals surface area contributed by atoms with E-state index < -0.39 is 0 Å². The fourth-order valence-corrected chi connectivity index (χ4v) is 5.40. The third-order valence-corrected chi connectivity index (χ3v) is 7.01. The van der Waals surface area contributed by atoms with E-state index >= 15 is 0 Å². The second kappa shape index (κ2) is 7.39. The van der Waals surface area contributed by atoms with Crippen molar-refractivity contribution in [1.82, 2.24) is 24.5 Å². The quantitative estimate of drug-likeness (QED) is 0.366. The molecule has 1 saturated carbocycles. The van der Waals surface area contributed by atoms with Gasteiger partial charge in [-0.15, -0.1) is 21.5 Å². The van der Waals surface area contributed by atoms with Crippen LogP contribution in [0.2, 0.25) is 5.15 Å². The van der Waals surface area contributed by atoms with Crippen LogP contribution < -0.4 is 0 Å². The minimum absolute atomic E-state index is 0.512. The lowest BCUT2D eigenvalue weighted by Gasteiger charge is -2.08. The Balaban J connectivity index is 1.43. The van der Waals surface area contributed by atoms with Crippen LogP contribution in [0, 0.1) is 6.92 Å². The topological polar surface area (TPSA) is 48.5 Å². The van der Waals surface area contributed by atoms with Crippen LogP contribution in [0.15, 0.2) is 53.0 Å². The van der Waals surface area contributed by atoms with Gasteiger partial charge in [0.05, 0.1) is 16.3 Å². The summed E-state index contributed by atoms with van der Waals surface area (Å²) in [5.74, 6) is 1.69. The van der Waals surface area contributed by atoms with Gasteiger partial charge < -0.3 is 0 Å². The Morgan fingerprint density at radius 1 is 1.14 bits per heavy atom. The predicted octanol–water partition coefficient (Wildman–Crippen LogP) is 5.78. The number of thiophene rings is 1. The first kappa shape index (κ1) is 18.0. The van der Waals surface area contributed by atoms with Crippen LogP contribution in [0.5, 0.6) is 0 Å². The molecule has 1 fully saturated rings. The summed E-state index contributed by atoms with van der Waals surface area (Å²) < 4.78 is 4.09. The molecule has 28 heavy (non-hydrogen) atoms. The van der Waals surface area contributed by atoms with Crippen LogP contribution in [0.1, 0.15) is 30.1 Å². The third kappa shape index (κ3) is 3.27. The maximum absolute atomic E-state index is 6.68. The molecule has 1 aliphatic rings. The smallest absolute Gasteiger partial charge is 0.192 e. The molecule has 4 aromatic rings. The van der Waals surface area contributed by atoms with Crippen LogP contribution in [-0.4, -0.2) is 24.5 Å². The highest BCUT2D eigenvalue weighted by atomic mass is 35.5. The Morgan fingerprint density at radius 3 is 2.68 bits per heavy atom. The summed E-state index contributed by atoms with van der Waals surface area (Å²) in [6.07, 6.45) is 2.38. The van der Waals surface area contributed by atoms with Gasteiger partial charge in [0.15, 0.2) is 11.0 Å². The van der Waals surface area contributed by atoms with Gasteiger partial charge in [0.1, 0.15) is 5.15 Å². The molecule has 0 bridgehead atoms. The Morgan fingerprint density at radius 2 is 1.96 bits per heavy atom. The third-order valence-electron chi connectivity index (χ3n) is 4.79. The number of para-hydroxylation sites is 1. The molecule has 0 N–H and O–H groups in total. The SMILES string of the molecule is Cc1nn(-c2ccccc2)c(Cl)c1CSc1nnc(-c2cccs2)n1C1CC1. The van der Waals surface area contributed by atoms with Gasteiger partial charge in [-0.05, 0) is 43.3 Å². The second-order valence-corrected chi connectivity index (χ2v) is 9.02. The zero-order valence-electron chi connectivity index (χ0n) is 15.2. The first-order valence-corrected chi connectivity index (χ1v) is 11.4. The zero-order valence-corrected chi connectivity index (χ0v) is 17.6. The molecule has 5 rings (SSSR count). The summed E-state index contributed by atoms with van der Waals surface area (Å²) >= 11 is 10.1. The summed E-state index contributed by atoms with van der Waals surface area (Å²) in [6, 6.07) is 14.6. The number of hydrogen-bond acceptors (Lipinski definition) is 5. The van der Waals surface area contributed by atoms with Gasteiger partial charge in [-0.2, -0.15) is 5.10 Å². The minimum Gasteiger partial charge on any atom is -0.298 e. The first-order chi connectivity index (χ1) is 13.7. The van der Waals surface area contributed by atoms with Crippen molar-refractivity contribution in [2.45, 2.75) is 36.7 Å². The molecule has 0 spiro atoms. The van der Waals surface area contributed by atoms with Crippen molar-refractivity contribution in [2.75, 3.05) is 0 Å². The lowest BCUT2D eigenvalue weighted by molar-refractivity contribution is 0.670. The molecule has 8 heteroatoms. The van der Waals surface area contributed by atoms with E-state index in [2.05, 4.69) is 37.4 Å². The van der Waals surface area contributed by atoms with Crippen molar-refractivity contribution in [3.8, 4) is 16.4 Å². The lowest BCUT2D eigenvalue weighted by Crippen LogP contribution is -1.99. The van der Waals surface area contributed by atoms with Crippen LogP contribution in [0.3, 0.4) is 0 Å². The highest BCUT2D eigenvalue weighted by Crippen LogP contribution is 2.42. The van der Waals surface area contributed by atoms with Crippen LogP contribution in [-0.2, 0) is 5.75 Å². The fraction of sp³-hybridized carbons (Fsp3) is 0.250. The summed E-state index contributed by atoms with van der Waals surface area (Å²) in [5.41, 5.74) is 2.95. The van der Waals surface area contributed by atoms with Crippen LogP contribution in [0.4, 0.5) is 0 Å². The Bertz CT molecular complexity index is 1100. The minimum atomic E-state index is 0.512. The molecule has 0 atom stereocenters. The Kier molecular flexibility index (Phi) is 4.74. The average molecular weight is 428 g/mol. The lowest BCUT2D eigenvalue weighted by atomic mass is 10.3. The van der Waals surface area contributed by atoms with Gasteiger partial charge in [-0.3, -0.25) is 4.57 Å². The summed E-state index contributed by atoms with van der Waals surface area (Å²) in [5, 5.41) is 17.3. The van der Waals surface area contributed by atoms with Crippen molar-refractivity contribution >= 4 is 34.7 Å². The highest BCUT2D eigenvalue weighted by molar-refractivity contribution is 7.98. The number of nitrogens with zero attached hydrogens (tertiary/aromatic N) is 5. The molecule has 0 radical (unpaired) electrons. The summed E-state index contributed by atoms with van der Waals surface area (Å²) in [4.78, 5) is 1.16. The Labute approximate surface area is 176 Å². The average Bonchev–Trinajstić information content (AvgIpc) is 3.13. The molecule has 3 heterocycles. The van der Waals surface area contributed by atoms with Crippen LogP contribution in [0.25, 0.3) is 16.4 Å². The van der Waals surface area contributed by atoms with Crippen molar-refractivity contribution in [3.05, 3.63) is 64.3 Å². The molecule has 3 aromatic heterocycles. The maximum Gasteiger partial charge on any atom is 0.192 e. The van der Waals surface area contributed by atoms with Gasteiger partial charge in [0.2, 0.25) is 0 Å². The molecule has 1 aliphatic carbocycles. The molecule has 142 valence electrons. The maximum atomic E-state index is 6.68. The number of rotatable bonds is 6. The predicted molar refractivity (Wildman–Crippen MR) is 114 cm³/mol. The molecular formula is C20H18ClN5S2. The number of aryl methyl sites for hydroxylation is 1. The highest BCUT2D eigenvalue weighted by Gasteiger charge is 2.30. The van der Waals surface area contributed by atoms with E-state index in [0.29, 0.717) is 16.9 Å². The number of aromatic nitrogens is 5. The molecule has 5 nitrogen and oxygen atoms in total. The van der Waals surface area contributed by atoms with Gasteiger partial charge in [0.25, 0.3) is 0 Å². The van der Waals surface area contributed by atoms with E-state index in [4.69, 9.17) is 11.6 Å². The van der Waals surface area contributed by atoms with E-state index in [1.165, 1.54) is 12.8 Å². The number of thioether (sulfide) groups is 1. The van der Waals surface area contributed by atoms with Gasteiger partial charge in [0, 0.05) is 17.4 Å². The normalized spacial score (nSPS) is 13.9. The van der Waals surface area contributed by atoms with Gasteiger partial charge >= 0.3 is 0 Å². The molecular weight excluding hydrogens is 410 g/mol. The van der Waals surface area contributed by atoms with Crippen molar-refractivity contribution in [3.63, 3.8) is 0 Å². The summed E-state index contributed by atoms with van der Waals surface area (Å²) in [7, 11) is 0. The molecule has 1 aromatic carbocycles. The molecule has 0 aliphatic heterocycles. The molecule has 0 unspecified atom stereocenters. The zero-order chi connectivity index (χ0) is 19.1. The van der Waals surface area contributed by atoms with E-state index in [1.807, 2.05) is 37.3 Å². The molecule has 0 saturated heterocycles. The molecule has 0 amide bonds. The number of halogens is 1. The largest absolute Gasteiger partial charge is 0.298 e. The van der Waals surface area contributed by atoms with Crippen molar-refractivity contribution in [2.24, 2.45) is 0 Å². The standard InChI is InChI=1S/C20H18ClN5S2/c1-13-16(18(21)26(24-13)15-6-3-2-4-7-15)12-28-20-23-22-19(17-8-5-11-27-17)25(20)14-9-10-14/h2-8,11,14H,9-10,12H2,1H3. The number of benzene rings is 1. The first-order valence-electron chi connectivity index (χ1n) is 9.13. The number of hydrogen-bond donors (Lipinski definition) is 0. The van der Waals surface area contributed by atoms with E-state index in [-0.39, 0.29) is 0 Å². The second-order valence-electron chi connectivity index (χ2n) is 6.78. The van der Waals surface area contributed by atoms with E-state index in [0.717, 1.165) is 32.8 Å². The monoisotopic (exact) mass is 427 g/mol. The van der Waals surface area contributed by atoms with E-state index in [1.54, 1.807) is 27.8 Å². The van der Waals surface area contributed by atoms with Gasteiger partial charge in [-0.25, -0.2) is 4.68 Å².